The van der Waals surface area contributed by atoms with Crippen LogP contribution >= 0.6 is 0 Å². The molecule has 6 heterocycles. The molecule has 2 aromatic rings. The minimum Gasteiger partial charge on any atom is -0.506 e. The summed E-state index contributed by atoms with van der Waals surface area (Å²) in [5, 5.41) is 34.8. The number of aliphatic hydroxyl groups is 2. The van der Waals surface area contributed by atoms with Crippen molar-refractivity contribution in [3.8, 4) is 17.2 Å². The summed E-state index contributed by atoms with van der Waals surface area (Å²) in [4.78, 5) is 25.7. The van der Waals surface area contributed by atoms with Gasteiger partial charge in [0.15, 0.2) is 29.6 Å². The lowest BCUT2D eigenvalue weighted by Crippen LogP contribution is -2.72. The summed E-state index contributed by atoms with van der Waals surface area (Å²) in [6.45, 7) is 5.39. The molecule has 1 spiro atoms. The van der Waals surface area contributed by atoms with Crippen LogP contribution in [0.2, 0.25) is 0 Å². The lowest BCUT2D eigenvalue weighted by atomic mass is 9.78. The molecular formula is C34H38O14. The smallest absolute Gasteiger partial charge is 0.279 e. The fraction of sp³-hybridized carbons (Fsp3) is 0.647. The summed E-state index contributed by atoms with van der Waals surface area (Å²) in [6.07, 6.45) is -4.84. The molecule has 0 radical (unpaired) electrons. The number of benzene rings is 2. The molecule has 4 unspecified atom stereocenters. The van der Waals surface area contributed by atoms with Crippen molar-refractivity contribution in [2.75, 3.05) is 26.9 Å². The van der Waals surface area contributed by atoms with Crippen LogP contribution in [-0.4, -0.2) is 107 Å². The van der Waals surface area contributed by atoms with Crippen LogP contribution in [0.3, 0.4) is 0 Å². The third-order valence-electron chi connectivity index (χ3n) is 11.4. The fourth-order valence-corrected chi connectivity index (χ4v) is 9.00. The molecule has 0 saturated carbocycles. The summed E-state index contributed by atoms with van der Waals surface area (Å²) < 4.78 is 57.7. The monoisotopic (exact) mass is 670 g/mol. The Morgan fingerprint density at radius 3 is 2.54 bits per heavy atom. The molecule has 14 nitrogen and oxygen atoms in total. The fourth-order valence-electron chi connectivity index (χ4n) is 9.00. The van der Waals surface area contributed by atoms with Gasteiger partial charge in [-0.2, -0.15) is 0 Å². The molecule has 5 saturated heterocycles. The normalized spacial score (nSPS) is 41.3. The maximum absolute atomic E-state index is 13.3. The third-order valence-corrected chi connectivity index (χ3v) is 11.4. The van der Waals surface area contributed by atoms with Gasteiger partial charge in [-0.3, -0.25) is 9.59 Å². The Labute approximate surface area is 275 Å². The first-order valence-corrected chi connectivity index (χ1v) is 16.5. The third kappa shape index (κ3) is 3.57. The number of rotatable bonds is 5. The zero-order chi connectivity index (χ0) is 33.5. The minimum atomic E-state index is -2.14. The van der Waals surface area contributed by atoms with Crippen molar-refractivity contribution in [3.05, 3.63) is 28.3 Å². The zero-order valence-electron chi connectivity index (χ0n) is 27.0. The van der Waals surface area contributed by atoms with E-state index in [4.69, 9.17) is 42.6 Å². The first-order chi connectivity index (χ1) is 22.9. The molecule has 48 heavy (non-hydrogen) atoms. The summed E-state index contributed by atoms with van der Waals surface area (Å²) >= 11 is 0. The number of phenols is 1. The molecule has 258 valence electrons. The van der Waals surface area contributed by atoms with Gasteiger partial charge in [0.05, 0.1) is 50.1 Å². The summed E-state index contributed by atoms with van der Waals surface area (Å²) in [7, 11) is 1.53. The van der Waals surface area contributed by atoms with Gasteiger partial charge in [0, 0.05) is 29.4 Å². The number of carbonyl (C=O) groups is 2. The predicted molar refractivity (Wildman–Crippen MR) is 160 cm³/mol. The van der Waals surface area contributed by atoms with Crippen LogP contribution < -0.4 is 9.47 Å². The van der Waals surface area contributed by atoms with Crippen LogP contribution in [0.25, 0.3) is 10.8 Å². The van der Waals surface area contributed by atoms with E-state index in [-0.39, 0.29) is 47.7 Å². The van der Waals surface area contributed by atoms with Crippen LogP contribution in [0.5, 0.6) is 17.2 Å². The number of carbonyl (C=O) groups excluding carboxylic acids is 2. The Morgan fingerprint density at radius 1 is 1.12 bits per heavy atom. The summed E-state index contributed by atoms with van der Waals surface area (Å²) in [6, 6.07) is 1.88. The molecule has 1 aliphatic carbocycles. The predicted octanol–water partition coefficient (Wildman–Crippen LogP) is 2.00. The van der Waals surface area contributed by atoms with Gasteiger partial charge in [-0.05, 0) is 51.7 Å². The maximum atomic E-state index is 13.3. The highest BCUT2D eigenvalue weighted by Crippen LogP contribution is 2.72. The van der Waals surface area contributed by atoms with E-state index in [2.05, 4.69) is 0 Å². The first kappa shape index (κ1) is 31.1. The van der Waals surface area contributed by atoms with Crippen molar-refractivity contribution in [1.82, 2.24) is 0 Å². The molecule has 2 aromatic carbocycles. The van der Waals surface area contributed by atoms with E-state index in [0.29, 0.717) is 54.7 Å². The molecule has 9 rings (SSSR count). The topological polar surface area (TPSA) is 181 Å². The van der Waals surface area contributed by atoms with E-state index in [1.54, 1.807) is 0 Å². The minimum absolute atomic E-state index is 0.0456. The van der Waals surface area contributed by atoms with E-state index in [1.165, 1.54) is 21.0 Å². The van der Waals surface area contributed by atoms with E-state index in [9.17, 15) is 24.9 Å². The van der Waals surface area contributed by atoms with Crippen molar-refractivity contribution < 1.29 is 67.5 Å². The molecule has 9 atom stereocenters. The van der Waals surface area contributed by atoms with Gasteiger partial charge in [0.2, 0.25) is 11.9 Å². The average molecular weight is 671 g/mol. The second-order valence-corrected chi connectivity index (χ2v) is 13.9. The Bertz CT molecular complexity index is 1750. The van der Waals surface area contributed by atoms with Gasteiger partial charge < -0.3 is 58.0 Å². The molecule has 0 amide bonds. The molecule has 5 fully saturated rings. The van der Waals surface area contributed by atoms with E-state index in [1.807, 2.05) is 13.0 Å². The van der Waals surface area contributed by atoms with Crippen molar-refractivity contribution in [2.45, 2.75) is 113 Å². The number of ketones is 2. The summed E-state index contributed by atoms with van der Waals surface area (Å²) in [5.41, 5.74) is -1.44. The Balaban J connectivity index is 1.25. The number of Topliss-reactive ketones (excluding diaryl/α,β-unsaturated/α-hetero) is 2. The van der Waals surface area contributed by atoms with Crippen molar-refractivity contribution in [1.29, 1.82) is 0 Å². The number of phenolic OH excluding ortho intramolecular Hbond substituents is 1. The number of aromatic hydroxyl groups is 1. The highest BCUT2D eigenvalue weighted by atomic mass is 16.9. The SMILES string of the molecule is COc1c2c(c(O)c3c4c(c(C)cc13)[C@@H]1O[C@@]3(C5OCCCO5)O[C@@H]1[C@@](OC1CC(O)C(O)(C(C)=O)C(C)O1)(O4)[C@@]31CO1)C(=O)CCC2. The van der Waals surface area contributed by atoms with Crippen molar-refractivity contribution in [3.63, 3.8) is 0 Å². The van der Waals surface area contributed by atoms with Crippen molar-refractivity contribution in [2.24, 2.45) is 0 Å². The average Bonchev–Trinajstić information content (AvgIpc) is 3.72. The quantitative estimate of drug-likeness (QED) is 0.393. The second-order valence-electron chi connectivity index (χ2n) is 13.9. The molecule has 2 bridgehead atoms. The van der Waals surface area contributed by atoms with Gasteiger partial charge in [-0.1, -0.05) is 0 Å². The number of hydrogen-bond donors (Lipinski definition) is 3. The van der Waals surface area contributed by atoms with Crippen LogP contribution in [0.4, 0.5) is 0 Å². The van der Waals surface area contributed by atoms with Gasteiger partial charge in [0.1, 0.15) is 23.4 Å². The van der Waals surface area contributed by atoms with E-state index < -0.39 is 65.6 Å². The van der Waals surface area contributed by atoms with Crippen LogP contribution in [0.15, 0.2) is 6.07 Å². The molecular weight excluding hydrogens is 632 g/mol. The van der Waals surface area contributed by atoms with Crippen LogP contribution in [0.1, 0.15) is 72.7 Å². The molecule has 7 aliphatic rings. The summed E-state index contributed by atoms with van der Waals surface area (Å²) in [5.74, 6) is -3.86. The van der Waals surface area contributed by atoms with Gasteiger partial charge in [-0.15, -0.1) is 0 Å². The number of methoxy groups -OCH3 is 1. The van der Waals surface area contributed by atoms with Crippen LogP contribution in [-0.2, 0) is 44.4 Å². The lowest BCUT2D eigenvalue weighted by molar-refractivity contribution is -0.391. The van der Waals surface area contributed by atoms with Crippen LogP contribution in [0, 0.1) is 6.92 Å². The van der Waals surface area contributed by atoms with Crippen molar-refractivity contribution >= 4 is 22.3 Å². The van der Waals surface area contributed by atoms with Gasteiger partial charge >= 0.3 is 0 Å². The Hall–Kier alpha value is -2.92. The van der Waals surface area contributed by atoms with Gasteiger partial charge in [0.25, 0.3) is 11.6 Å². The number of aliphatic hydroxyl groups excluding tert-OH is 1. The standard InChI is InChI=1S/C34H38O14/c1-14-11-18-24(25(38)23-17(26(18)40-4)7-5-8-19(23)36)27-22(14)28-29-33(46-27,45-21-12-20(37)32(39,15(2)35)16(3)44-21)31(13-43-31)34(47-28,48-29)30-41-9-6-10-42-30/h11,16,20-21,28-30,37-39H,5-10,12-13H2,1-4H3/t16?,20?,21?,28-,29-,31-,32?,33+,34-/m0/s1. The zero-order valence-corrected chi connectivity index (χ0v) is 27.0. The van der Waals surface area contributed by atoms with E-state index in [0.717, 1.165) is 5.56 Å². The Kier molecular flexibility index (Phi) is 6.53. The number of hydrogen-bond acceptors (Lipinski definition) is 14. The lowest BCUT2D eigenvalue weighted by Gasteiger charge is -2.52. The number of epoxide rings is 1. The Morgan fingerprint density at radius 2 is 1.88 bits per heavy atom. The highest BCUT2D eigenvalue weighted by Gasteiger charge is 2.94. The number of fused-ring (bicyclic) bond motifs is 8. The number of aryl methyl sites for hydroxylation is 1. The first-order valence-electron chi connectivity index (χ1n) is 16.5. The van der Waals surface area contributed by atoms with E-state index >= 15 is 0 Å². The number of ether oxygens (including phenoxy) is 9. The maximum Gasteiger partial charge on any atom is 0.279 e. The van der Waals surface area contributed by atoms with Gasteiger partial charge in [-0.25, -0.2) is 0 Å². The molecule has 3 N–H and O–H groups in total. The molecule has 6 aliphatic heterocycles. The largest absolute Gasteiger partial charge is 0.506 e. The second kappa shape index (κ2) is 10.1. The highest BCUT2D eigenvalue weighted by molar-refractivity contribution is 6.11. The molecule has 0 aromatic heterocycles. The molecule has 14 heteroatoms.